The van der Waals surface area contributed by atoms with Gasteiger partial charge in [0.25, 0.3) is 0 Å². The van der Waals surface area contributed by atoms with Crippen molar-refractivity contribution in [2.24, 2.45) is 0 Å². The molecule has 0 saturated heterocycles. The van der Waals surface area contributed by atoms with Crippen molar-refractivity contribution in [3.8, 4) is 0 Å². The Hall–Kier alpha value is -1.14. The van der Waals surface area contributed by atoms with Crippen molar-refractivity contribution in [2.75, 3.05) is 13.2 Å². The fourth-order valence-corrected chi connectivity index (χ4v) is 10.5. The van der Waals surface area contributed by atoms with Crippen LogP contribution >= 0.6 is 0 Å². The lowest BCUT2D eigenvalue weighted by Crippen LogP contribution is -2.45. The molecule has 0 aromatic heterocycles. The van der Waals surface area contributed by atoms with Crippen LogP contribution in [0, 0.1) is 0 Å². The monoisotopic (exact) mass is 990 g/mol. The van der Waals surface area contributed by atoms with Crippen LogP contribution in [0.3, 0.4) is 0 Å². The van der Waals surface area contributed by atoms with E-state index in [4.69, 9.17) is 4.74 Å². The van der Waals surface area contributed by atoms with E-state index in [1.54, 1.807) is 0 Å². The number of amides is 1. The van der Waals surface area contributed by atoms with Crippen molar-refractivity contribution in [1.29, 1.82) is 0 Å². The van der Waals surface area contributed by atoms with Crippen LogP contribution < -0.4 is 5.32 Å². The zero-order chi connectivity index (χ0) is 50.7. The number of aliphatic hydroxyl groups is 2. The molecule has 0 rings (SSSR count). The first-order valence-corrected chi connectivity index (χ1v) is 32.3. The molecule has 6 heteroatoms. The summed E-state index contributed by atoms with van der Waals surface area (Å²) in [5, 5.41) is 23.4. The molecule has 0 bridgehead atoms. The number of hydrogen-bond donors (Lipinski definition) is 3. The Bertz CT molecular complexity index is 1010. The molecule has 0 radical (unpaired) electrons. The lowest BCUT2D eigenvalue weighted by Gasteiger charge is -2.22. The van der Waals surface area contributed by atoms with Crippen molar-refractivity contribution in [1.82, 2.24) is 5.32 Å². The zero-order valence-electron chi connectivity index (χ0n) is 47.8. The van der Waals surface area contributed by atoms with Crippen molar-refractivity contribution in [3.63, 3.8) is 0 Å². The van der Waals surface area contributed by atoms with Crippen LogP contribution in [0.15, 0.2) is 0 Å². The van der Waals surface area contributed by atoms with Crippen molar-refractivity contribution in [2.45, 2.75) is 386 Å². The molecule has 0 saturated carbocycles. The number of carbonyl (C=O) groups excluding carboxylic acids is 2. The summed E-state index contributed by atoms with van der Waals surface area (Å²) < 4.78 is 5.49. The average Bonchev–Trinajstić information content (AvgIpc) is 3.36. The molecule has 0 aromatic carbocycles. The van der Waals surface area contributed by atoms with Gasteiger partial charge in [-0.3, -0.25) is 9.59 Å². The molecule has 6 nitrogen and oxygen atoms in total. The quantitative estimate of drug-likeness (QED) is 0.0417. The maximum atomic E-state index is 12.5. The number of aliphatic hydroxyl groups excluding tert-OH is 2. The van der Waals surface area contributed by atoms with Crippen LogP contribution in [0.5, 0.6) is 0 Å². The van der Waals surface area contributed by atoms with Gasteiger partial charge in [-0.25, -0.2) is 0 Å². The largest absolute Gasteiger partial charge is 0.466 e. The van der Waals surface area contributed by atoms with E-state index in [1.807, 2.05) is 0 Å². The van der Waals surface area contributed by atoms with Crippen molar-refractivity contribution in [3.05, 3.63) is 0 Å². The molecule has 418 valence electrons. The normalized spacial score (nSPS) is 12.5. The van der Waals surface area contributed by atoms with Gasteiger partial charge >= 0.3 is 5.97 Å². The second-order valence-electron chi connectivity index (χ2n) is 22.5. The number of rotatable bonds is 61. The Balaban J connectivity index is 3.40. The molecular weight excluding hydrogens is 863 g/mol. The number of unbranched alkanes of at least 4 members (excludes halogenated alkanes) is 50. The van der Waals surface area contributed by atoms with E-state index in [1.165, 1.54) is 302 Å². The fourth-order valence-electron chi connectivity index (χ4n) is 10.5. The third-order valence-electron chi connectivity index (χ3n) is 15.4. The summed E-state index contributed by atoms with van der Waals surface area (Å²) in [4.78, 5) is 24.6. The van der Waals surface area contributed by atoms with E-state index in [2.05, 4.69) is 19.2 Å². The molecule has 0 aliphatic heterocycles. The first-order chi connectivity index (χ1) is 34.5. The Morgan fingerprint density at radius 3 is 0.871 bits per heavy atom. The van der Waals surface area contributed by atoms with Gasteiger partial charge in [0.15, 0.2) is 0 Å². The van der Waals surface area contributed by atoms with E-state index in [0.717, 1.165) is 38.5 Å². The standard InChI is InChI=1S/C64H127NO5/c1-3-5-7-9-11-13-15-17-19-20-21-22-23-24-25-29-32-36-40-44-48-52-56-62(67)61(60-66)65-63(68)57-53-49-45-41-37-33-30-26-27-31-35-39-43-47-51-55-59-70-64(69)58-54-50-46-42-38-34-28-18-16-14-12-10-8-6-4-2/h61-62,66-67H,3-60H2,1-2H3,(H,65,68). The zero-order valence-corrected chi connectivity index (χ0v) is 47.8. The summed E-state index contributed by atoms with van der Waals surface area (Å²) in [6.07, 6.45) is 71.1. The SMILES string of the molecule is CCCCCCCCCCCCCCCCCCCCCCCCC(O)C(CO)NC(=O)CCCCCCCCCCCCCCCCCCOC(=O)CCCCCCCCCCCCCCCCC. The average molecular weight is 991 g/mol. The molecule has 0 aliphatic carbocycles. The van der Waals surface area contributed by atoms with Crippen LogP contribution in [-0.4, -0.2) is 47.4 Å². The highest BCUT2D eigenvalue weighted by molar-refractivity contribution is 5.76. The predicted molar refractivity (Wildman–Crippen MR) is 306 cm³/mol. The third kappa shape index (κ3) is 56.2. The summed E-state index contributed by atoms with van der Waals surface area (Å²) in [7, 11) is 0. The van der Waals surface area contributed by atoms with Gasteiger partial charge in [0.2, 0.25) is 5.91 Å². The van der Waals surface area contributed by atoms with E-state index in [-0.39, 0.29) is 18.5 Å². The molecular formula is C64H127NO5. The summed E-state index contributed by atoms with van der Waals surface area (Å²) in [6.45, 7) is 4.98. The smallest absolute Gasteiger partial charge is 0.305 e. The van der Waals surface area contributed by atoms with Gasteiger partial charge in [-0.15, -0.1) is 0 Å². The number of hydrogen-bond acceptors (Lipinski definition) is 5. The topological polar surface area (TPSA) is 95.9 Å². The van der Waals surface area contributed by atoms with Gasteiger partial charge in [0.1, 0.15) is 0 Å². The molecule has 0 heterocycles. The van der Waals surface area contributed by atoms with E-state index >= 15 is 0 Å². The molecule has 70 heavy (non-hydrogen) atoms. The van der Waals surface area contributed by atoms with Crippen LogP contribution in [-0.2, 0) is 14.3 Å². The van der Waals surface area contributed by atoms with Gasteiger partial charge in [-0.1, -0.05) is 335 Å². The first kappa shape index (κ1) is 68.9. The summed E-state index contributed by atoms with van der Waals surface area (Å²) in [5.41, 5.74) is 0. The van der Waals surface area contributed by atoms with Crippen LogP contribution in [0.4, 0.5) is 0 Å². The minimum Gasteiger partial charge on any atom is -0.466 e. The van der Waals surface area contributed by atoms with Crippen LogP contribution in [0.25, 0.3) is 0 Å². The molecule has 0 fully saturated rings. The molecule has 0 spiro atoms. The summed E-state index contributed by atoms with van der Waals surface area (Å²) in [6, 6.07) is -0.546. The first-order valence-electron chi connectivity index (χ1n) is 32.3. The van der Waals surface area contributed by atoms with E-state index in [9.17, 15) is 19.8 Å². The second kappa shape index (κ2) is 60.4. The minimum absolute atomic E-state index is 0.00767. The Labute approximate surface area is 438 Å². The Morgan fingerprint density at radius 2 is 0.586 bits per heavy atom. The Morgan fingerprint density at radius 1 is 0.343 bits per heavy atom. The third-order valence-corrected chi connectivity index (χ3v) is 15.4. The highest BCUT2D eigenvalue weighted by Crippen LogP contribution is 2.19. The van der Waals surface area contributed by atoms with Crippen LogP contribution in [0.2, 0.25) is 0 Å². The van der Waals surface area contributed by atoms with Gasteiger partial charge in [0, 0.05) is 12.8 Å². The van der Waals surface area contributed by atoms with Crippen molar-refractivity contribution >= 4 is 11.9 Å². The number of ether oxygens (including phenoxy) is 1. The maximum Gasteiger partial charge on any atom is 0.305 e. The lowest BCUT2D eigenvalue weighted by atomic mass is 10.0. The fraction of sp³-hybridized carbons (Fsp3) is 0.969. The summed E-state index contributed by atoms with van der Waals surface area (Å²) >= 11 is 0. The highest BCUT2D eigenvalue weighted by Gasteiger charge is 2.20. The molecule has 0 aliphatic rings. The highest BCUT2D eigenvalue weighted by atomic mass is 16.5. The van der Waals surface area contributed by atoms with Crippen molar-refractivity contribution < 1.29 is 24.5 Å². The summed E-state index contributed by atoms with van der Waals surface area (Å²) in [5.74, 6) is -0.0289. The van der Waals surface area contributed by atoms with Gasteiger partial charge in [0.05, 0.1) is 25.4 Å². The molecule has 3 N–H and O–H groups in total. The second-order valence-corrected chi connectivity index (χ2v) is 22.5. The van der Waals surface area contributed by atoms with Crippen LogP contribution in [0.1, 0.15) is 373 Å². The Kier molecular flexibility index (Phi) is 59.4. The molecule has 1 amide bonds. The molecule has 0 aromatic rings. The van der Waals surface area contributed by atoms with E-state index < -0.39 is 12.1 Å². The lowest BCUT2D eigenvalue weighted by molar-refractivity contribution is -0.143. The van der Waals surface area contributed by atoms with Gasteiger partial charge in [-0.05, 0) is 25.7 Å². The number of nitrogens with one attached hydrogen (secondary N) is 1. The van der Waals surface area contributed by atoms with E-state index in [0.29, 0.717) is 25.9 Å². The molecule has 2 unspecified atom stereocenters. The minimum atomic E-state index is -0.669. The molecule has 2 atom stereocenters. The predicted octanol–water partition coefficient (Wildman–Crippen LogP) is 20.3. The van der Waals surface area contributed by atoms with Gasteiger partial charge < -0.3 is 20.3 Å². The number of esters is 1. The maximum absolute atomic E-state index is 12.5. The number of carbonyl (C=O) groups is 2. The van der Waals surface area contributed by atoms with Gasteiger partial charge in [-0.2, -0.15) is 0 Å².